The number of hydrogen-bond donors (Lipinski definition) is 0. The van der Waals surface area contributed by atoms with Crippen LogP contribution in [0.4, 0.5) is 0 Å². The van der Waals surface area contributed by atoms with Crippen LogP contribution in [0.1, 0.15) is 18.9 Å². The van der Waals surface area contributed by atoms with Crippen molar-refractivity contribution in [1.29, 1.82) is 0 Å². The van der Waals surface area contributed by atoms with Gasteiger partial charge < -0.3 is 14.2 Å². The van der Waals surface area contributed by atoms with Crippen LogP contribution in [0.2, 0.25) is 0 Å². The van der Waals surface area contributed by atoms with Crippen LogP contribution in [0, 0.1) is 5.92 Å². The molecule has 1 aromatic rings. The van der Waals surface area contributed by atoms with Crippen LogP contribution in [0.3, 0.4) is 0 Å². The maximum Gasteiger partial charge on any atom is 0.339 e. The van der Waals surface area contributed by atoms with E-state index in [4.69, 9.17) is 14.2 Å². The summed E-state index contributed by atoms with van der Waals surface area (Å²) in [6, 6.07) is 10.1. The number of rotatable bonds is 6. The van der Waals surface area contributed by atoms with E-state index in [2.05, 4.69) is 6.92 Å². The van der Waals surface area contributed by atoms with Crippen molar-refractivity contribution >= 4 is 5.97 Å². The lowest BCUT2D eigenvalue weighted by Gasteiger charge is -2.29. The highest BCUT2D eigenvalue weighted by Crippen LogP contribution is 2.22. The summed E-state index contributed by atoms with van der Waals surface area (Å²) in [7, 11) is 1.37. The third-order valence-corrected chi connectivity index (χ3v) is 3.59. The third kappa shape index (κ3) is 4.69. The van der Waals surface area contributed by atoms with Crippen LogP contribution >= 0.6 is 0 Å². The maximum atomic E-state index is 11.5. The number of hydrogen-bond acceptors (Lipinski definition) is 4. The van der Waals surface area contributed by atoms with E-state index in [0.29, 0.717) is 13.2 Å². The Hall–Kier alpha value is -1.65. The Balaban J connectivity index is 1.75. The van der Waals surface area contributed by atoms with Gasteiger partial charge in [-0.05, 0) is 18.1 Å². The molecule has 0 aliphatic carbocycles. The summed E-state index contributed by atoms with van der Waals surface area (Å²) in [4.78, 5) is 11.5. The SMILES string of the molecule is COC(=O)[C@@H]1C=C[C@H](C)[C@@H](CCOCc2ccccc2)O1. The normalized spacial score (nSPS) is 24.8. The molecule has 0 amide bonds. The average Bonchev–Trinajstić information content (AvgIpc) is 2.53. The predicted octanol–water partition coefficient (Wildman–Crippen LogP) is 2.73. The molecule has 1 aliphatic rings. The fraction of sp³-hybridized carbons (Fsp3) is 0.471. The van der Waals surface area contributed by atoms with Crippen molar-refractivity contribution in [2.75, 3.05) is 13.7 Å². The smallest absolute Gasteiger partial charge is 0.339 e. The van der Waals surface area contributed by atoms with Gasteiger partial charge in [-0.1, -0.05) is 43.3 Å². The van der Waals surface area contributed by atoms with Crippen LogP contribution in [0.25, 0.3) is 0 Å². The Labute approximate surface area is 125 Å². The van der Waals surface area contributed by atoms with E-state index in [-0.39, 0.29) is 18.0 Å². The molecule has 0 fully saturated rings. The van der Waals surface area contributed by atoms with Crippen LogP contribution in [0.5, 0.6) is 0 Å². The van der Waals surface area contributed by atoms with Crippen molar-refractivity contribution in [3.8, 4) is 0 Å². The highest BCUT2D eigenvalue weighted by molar-refractivity contribution is 5.76. The monoisotopic (exact) mass is 290 g/mol. The Bertz CT molecular complexity index is 469. The molecular weight excluding hydrogens is 268 g/mol. The Morgan fingerprint density at radius 2 is 2.00 bits per heavy atom. The van der Waals surface area contributed by atoms with E-state index >= 15 is 0 Å². The number of esters is 1. The summed E-state index contributed by atoms with van der Waals surface area (Å²) < 4.78 is 16.1. The standard InChI is InChI=1S/C17H22O4/c1-13-8-9-16(17(18)19-2)21-15(13)10-11-20-12-14-6-4-3-5-7-14/h3-9,13,15-16H,10-12H2,1-2H3/t13-,15+,16-/m0/s1. The summed E-state index contributed by atoms with van der Waals surface area (Å²) in [6.07, 6.45) is 3.91. The van der Waals surface area contributed by atoms with Gasteiger partial charge in [0.25, 0.3) is 0 Å². The van der Waals surface area contributed by atoms with Crippen molar-refractivity contribution in [3.05, 3.63) is 48.0 Å². The number of benzene rings is 1. The second-order valence-electron chi connectivity index (χ2n) is 5.19. The zero-order valence-corrected chi connectivity index (χ0v) is 12.5. The molecule has 0 saturated heterocycles. The minimum absolute atomic E-state index is 0.0186. The fourth-order valence-electron chi connectivity index (χ4n) is 2.30. The molecule has 21 heavy (non-hydrogen) atoms. The predicted molar refractivity (Wildman–Crippen MR) is 79.7 cm³/mol. The van der Waals surface area contributed by atoms with Gasteiger partial charge in [0.2, 0.25) is 0 Å². The Kier molecular flexibility index (Phi) is 5.96. The summed E-state index contributed by atoms with van der Waals surface area (Å²) in [5.41, 5.74) is 1.16. The molecule has 2 rings (SSSR count). The van der Waals surface area contributed by atoms with Gasteiger partial charge in [0.1, 0.15) is 0 Å². The van der Waals surface area contributed by atoms with Gasteiger partial charge >= 0.3 is 5.97 Å². The van der Waals surface area contributed by atoms with E-state index < -0.39 is 6.10 Å². The first-order chi connectivity index (χ1) is 10.2. The fourth-order valence-corrected chi connectivity index (χ4v) is 2.30. The van der Waals surface area contributed by atoms with E-state index in [1.165, 1.54) is 7.11 Å². The minimum Gasteiger partial charge on any atom is -0.467 e. The first-order valence-corrected chi connectivity index (χ1v) is 7.24. The molecule has 0 radical (unpaired) electrons. The summed E-state index contributed by atoms with van der Waals surface area (Å²) in [5, 5.41) is 0. The number of carbonyl (C=O) groups excluding carboxylic acids is 1. The maximum absolute atomic E-state index is 11.5. The molecule has 114 valence electrons. The third-order valence-electron chi connectivity index (χ3n) is 3.59. The van der Waals surface area contributed by atoms with Crippen molar-refractivity contribution < 1.29 is 19.0 Å². The zero-order valence-electron chi connectivity index (χ0n) is 12.5. The molecule has 0 aromatic heterocycles. The Morgan fingerprint density at radius 3 is 2.71 bits per heavy atom. The molecule has 1 heterocycles. The van der Waals surface area contributed by atoms with Crippen molar-refractivity contribution in [2.45, 2.75) is 32.2 Å². The van der Waals surface area contributed by atoms with Crippen molar-refractivity contribution in [2.24, 2.45) is 5.92 Å². The molecule has 4 nitrogen and oxygen atoms in total. The van der Waals surface area contributed by atoms with Crippen molar-refractivity contribution in [1.82, 2.24) is 0 Å². The molecule has 0 spiro atoms. The molecule has 0 unspecified atom stereocenters. The van der Waals surface area contributed by atoms with Crippen LogP contribution in [-0.2, 0) is 25.6 Å². The first-order valence-electron chi connectivity index (χ1n) is 7.24. The quantitative estimate of drug-likeness (QED) is 0.459. The van der Waals surface area contributed by atoms with Crippen LogP contribution in [0.15, 0.2) is 42.5 Å². The summed E-state index contributed by atoms with van der Waals surface area (Å²) >= 11 is 0. The van der Waals surface area contributed by atoms with Gasteiger partial charge in [-0.25, -0.2) is 4.79 Å². The molecule has 1 aromatic carbocycles. The zero-order chi connectivity index (χ0) is 15.1. The van der Waals surface area contributed by atoms with E-state index in [0.717, 1.165) is 12.0 Å². The first kappa shape index (κ1) is 15.7. The highest BCUT2D eigenvalue weighted by Gasteiger charge is 2.28. The molecule has 0 saturated carbocycles. The molecular formula is C17H22O4. The highest BCUT2D eigenvalue weighted by atomic mass is 16.6. The lowest BCUT2D eigenvalue weighted by Crippen LogP contribution is -2.36. The van der Waals surface area contributed by atoms with Gasteiger partial charge in [0.15, 0.2) is 6.10 Å². The number of methoxy groups -OCH3 is 1. The lowest BCUT2D eigenvalue weighted by atomic mass is 9.98. The molecule has 3 atom stereocenters. The molecule has 0 bridgehead atoms. The molecule has 1 aliphatic heterocycles. The number of ether oxygens (including phenoxy) is 3. The van der Waals surface area contributed by atoms with E-state index in [1.807, 2.05) is 36.4 Å². The molecule has 4 heteroatoms. The van der Waals surface area contributed by atoms with Gasteiger partial charge in [-0.3, -0.25) is 0 Å². The topological polar surface area (TPSA) is 44.8 Å². The van der Waals surface area contributed by atoms with Crippen molar-refractivity contribution in [3.63, 3.8) is 0 Å². The van der Waals surface area contributed by atoms with Gasteiger partial charge in [-0.2, -0.15) is 0 Å². The summed E-state index contributed by atoms with van der Waals surface area (Å²) in [6.45, 7) is 3.27. The Morgan fingerprint density at radius 1 is 1.24 bits per heavy atom. The van der Waals surface area contributed by atoms with Gasteiger partial charge in [0, 0.05) is 12.5 Å². The van der Waals surface area contributed by atoms with Crippen LogP contribution < -0.4 is 0 Å². The van der Waals surface area contributed by atoms with E-state index in [1.54, 1.807) is 6.08 Å². The number of carbonyl (C=O) groups is 1. The second-order valence-corrected chi connectivity index (χ2v) is 5.19. The van der Waals surface area contributed by atoms with Crippen LogP contribution in [-0.4, -0.2) is 31.9 Å². The summed E-state index contributed by atoms with van der Waals surface area (Å²) in [5.74, 6) is -0.0837. The second kappa shape index (κ2) is 7.96. The average molecular weight is 290 g/mol. The lowest BCUT2D eigenvalue weighted by molar-refractivity contribution is -0.157. The molecule has 0 N–H and O–H groups in total. The minimum atomic E-state index is -0.592. The van der Waals surface area contributed by atoms with Gasteiger partial charge in [0.05, 0.1) is 19.8 Å². The van der Waals surface area contributed by atoms with E-state index in [9.17, 15) is 4.79 Å². The van der Waals surface area contributed by atoms with Gasteiger partial charge in [-0.15, -0.1) is 0 Å². The largest absolute Gasteiger partial charge is 0.467 e.